The predicted molar refractivity (Wildman–Crippen MR) is 122 cm³/mol. The average Bonchev–Trinajstić information content (AvgIpc) is 2.82. The zero-order valence-corrected chi connectivity index (χ0v) is 17.8. The molecule has 4 atom stereocenters. The molecule has 4 nitrogen and oxygen atoms in total. The van der Waals surface area contributed by atoms with Crippen LogP contribution in [-0.2, 0) is 33.8 Å². The van der Waals surface area contributed by atoms with Crippen LogP contribution < -0.4 is 5.73 Å². The predicted octanol–water partition coefficient (Wildman–Crippen LogP) is 4.37. The molecule has 0 bridgehead atoms. The maximum absolute atomic E-state index is 6.48. The van der Waals surface area contributed by atoms with E-state index >= 15 is 0 Å². The van der Waals surface area contributed by atoms with Crippen molar-refractivity contribution in [3.63, 3.8) is 0 Å². The molecule has 3 aromatic carbocycles. The lowest BCUT2D eigenvalue weighted by molar-refractivity contribution is -0.152. The third-order valence-corrected chi connectivity index (χ3v) is 5.82. The second-order valence-electron chi connectivity index (χ2n) is 8.15. The molecule has 0 saturated carbocycles. The summed E-state index contributed by atoms with van der Waals surface area (Å²) in [4.78, 5) is 0. The highest BCUT2D eigenvalue weighted by atomic mass is 16.5. The molecule has 0 amide bonds. The molecule has 31 heavy (non-hydrogen) atoms. The molecule has 4 heteroatoms. The van der Waals surface area contributed by atoms with E-state index in [-0.39, 0.29) is 24.2 Å². The second-order valence-corrected chi connectivity index (χ2v) is 8.15. The van der Waals surface area contributed by atoms with Crippen molar-refractivity contribution >= 4 is 0 Å². The van der Waals surface area contributed by atoms with E-state index in [4.69, 9.17) is 19.9 Å². The molecule has 2 N–H and O–H groups in total. The van der Waals surface area contributed by atoms with E-state index in [1.165, 1.54) is 5.56 Å². The Balaban J connectivity index is 1.45. The number of rotatable bonds is 9. The number of benzene rings is 3. The fourth-order valence-electron chi connectivity index (χ4n) is 4.17. The van der Waals surface area contributed by atoms with Crippen LogP contribution in [0, 0.1) is 5.92 Å². The van der Waals surface area contributed by atoms with Crippen LogP contribution in [0.25, 0.3) is 0 Å². The molecule has 0 aromatic heterocycles. The standard InChI is InChI=1S/C27H31NO3/c28-25-19-30-26(20-29-17-22-12-6-2-7-13-22)24(16-21-10-4-1-5-11-21)27(25)31-18-23-14-8-3-9-15-23/h1-15,24-27H,16-20,28H2/t24-,25-,26+,27-/m0/s1. The summed E-state index contributed by atoms with van der Waals surface area (Å²) in [5.41, 5.74) is 10.0. The average molecular weight is 418 g/mol. The first kappa shape index (κ1) is 21.7. The van der Waals surface area contributed by atoms with Gasteiger partial charge in [0.15, 0.2) is 0 Å². The van der Waals surface area contributed by atoms with Crippen LogP contribution in [-0.4, -0.2) is 31.5 Å². The van der Waals surface area contributed by atoms with Crippen LogP contribution in [0.5, 0.6) is 0 Å². The minimum Gasteiger partial charge on any atom is -0.374 e. The van der Waals surface area contributed by atoms with Gasteiger partial charge in [-0.1, -0.05) is 91.0 Å². The molecular weight excluding hydrogens is 386 g/mol. The van der Waals surface area contributed by atoms with Crippen molar-refractivity contribution in [1.82, 2.24) is 0 Å². The molecule has 162 valence electrons. The van der Waals surface area contributed by atoms with Gasteiger partial charge in [0.05, 0.1) is 44.7 Å². The number of nitrogens with two attached hydrogens (primary N) is 1. The highest BCUT2D eigenvalue weighted by molar-refractivity contribution is 5.17. The zero-order valence-electron chi connectivity index (χ0n) is 17.8. The molecule has 1 fully saturated rings. The number of hydrogen-bond acceptors (Lipinski definition) is 4. The van der Waals surface area contributed by atoms with Crippen LogP contribution in [0.1, 0.15) is 16.7 Å². The Labute approximate surface area is 185 Å². The largest absolute Gasteiger partial charge is 0.374 e. The van der Waals surface area contributed by atoms with Crippen LogP contribution in [0.3, 0.4) is 0 Å². The van der Waals surface area contributed by atoms with Crippen LogP contribution >= 0.6 is 0 Å². The fraction of sp³-hybridized carbons (Fsp3) is 0.333. The number of hydrogen-bond donors (Lipinski definition) is 1. The van der Waals surface area contributed by atoms with Crippen molar-refractivity contribution in [2.24, 2.45) is 11.7 Å². The summed E-state index contributed by atoms with van der Waals surface area (Å²) in [6.07, 6.45) is 0.678. The Morgan fingerprint density at radius 2 is 1.29 bits per heavy atom. The Morgan fingerprint density at radius 1 is 0.742 bits per heavy atom. The number of ether oxygens (including phenoxy) is 3. The summed E-state index contributed by atoms with van der Waals surface area (Å²) >= 11 is 0. The third-order valence-electron chi connectivity index (χ3n) is 5.82. The maximum Gasteiger partial charge on any atom is 0.0866 e. The molecule has 3 aromatic rings. The minimum absolute atomic E-state index is 0.0653. The van der Waals surface area contributed by atoms with Crippen molar-refractivity contribution in [2.45, 2.75) is 37.9 Å². The van der Waals surface area contributed by atoms with Gasteiger partial charge in [-0.3, -0.25) is 0 Å². The van der Waals surface area contributed by atoms with Gasteiger partial charge in [-0.05, 0) is 23.1 Å². The Hall–Kier alpha value is -2.50. The first-order chi connectivity index (χ1) is 15.3. The highest BCUT2D eigenvalue weighted by Crippen LogP contribution is 2.29. The van der Waals surface area contributed by atoms with Gasteiger partial charge >= 0.3 is 0 Å². The van der Waals surface area contributed by atoms with Crippen molar-refractivity contribution in [3.05, 3.63) is 108 Å². The van der Waals surface area contributed by atoms with E-state index in [0.717, 1.165) is 17.5 Å². The van der Waals surface area contributed by atoms with E-state index < -0.39 is 0 Å². The van der Waals surface area contributed by atoms with E-state index in [1.807, 2.05) is 42.5 Å². The van der Waals surface area contributed by atoms with Crippen LogP contribution in [0.15, 0.2) is 91.0 Å². The lowest BCUT2D eigenvalue weighted by atomic mass is 9.84. The summed E-state index contributed by atoms with van der Waals surface area (Å²) in [6.45, 7) is 2.11. The van der Waals surface area contributed by atoms with Gasteiger partial charge in [0.25, 0.3) is 0 Å². The summed E-state index contributed by atoms with van der Waals surface area (Å²) in [6, 6.07) is 30.8. The van der Waals surface area contributed by atoms with Gasteiger partial charge in [0.1, 0.15) is 0 Å². The molecular formula is C27H31NO3. The van der Waals surface area contributed by atoms with Crippen molar-refractivity contribution in [3.8, 4) is 0 Å². The Morgan fingerprint density at radius 3 is 1.90 bits per heavy atom. The second kappa shape index (κ2) is 11.2. The normalized spacial score (nSPS) is 23.5. The lowest BCUT2D eigenvalue weighted by Gasteiger charge is -2.41. The maximum atomic E-state index is 6.48. The molecule has 0 aliphatic carbocycles. The van der Waals surface area contributed by atoms with Crippen molar-refractivity contribution in [1.29, 1.82) is 0 Å². The van der Waals surface area contributed by atoms with E-state index in [0.29, 0.717) is 26.4 Å². The smallest absolute Gasteiger partial charge is 0.0866 e. The molecule has 0 unspecified atom stereocenters. The Kier molecular flexibility index (Phi) is 7.86. The van der Waals surface area contributed by atoms with Gasteiger partial charge in [0.2, 0.25) is 0 Å². The molecule has 4 rings (SSSR count). The fourth-order valence-corrected chi connectivity index (χ4v) is 4.17. The van der Waals surface area contributed by atoms with Gasteiger partial charge in [-0.25, -0.2) is 0 Å². The van der Waals surface area contributed by atoms with Gasteiger partial charge in [0, 0.05) is 5.92 Å². The first-order valence-corrected chi connectivity index (χ1v) is 11.0. The summed E-state index contributed by atoms with van der Waals surface area (Å²) in [5.74, 6) is 0.116. The zero-order chi connectivity index (χ0) is 21.3. The van der Waals surface area contributed by atoms with E-state index in [2.05, 4.69) is 48.5 Å². The van der Waals surface area contributed by atoms with Crippen molar-refractivity contribution < 1.29 is 14.2 Å². The molecule has 1 heterocycles. The van der Waals surface area contributed by atoms with Crippen molar-refractivity contribution in [2.75, 3.05) is 13.2 Å². The van der Waals surface area contributed by atoms with E-state index in [9.17, 15) is 0 Å². The van der Waals surface area contributed by atoms with Gasteiger partial charge < -0.3 is 19.9 Å². The Bertz CT molecular complexity index is 888. The third kappa shape index (κ3) is 6.25. The molecule has 0 spiro atoms. The minimum atomic E-state index is -0.164. The molecule has 1 aliphatic heterocycles. The molecule has 1 saturated heterocycles. The SMILES string of the molecule is N[C@H]1CO[C@H](COCc2ccccc2)[C@H](Cc2ccccc2)[C@@H]1OCc1ccccc1. The van der Waals surface area contributed by atoms with Gasteiger partial charge in [-0.15, -0.1) is 0 Å². The summed E-state index contributed by atoms with van der Waals surface area (Å²) in [7, 11) is 0. The topological polar surface area (TPSA) is 53.7 Å². The van der Waals surface area contributed by atoms with Crippen LogP contribution in [0.4, 0.5) is 0 Å². The monoisotopic (exact) mass is 417 g/mol. The summed E-state index contributed by atoms with van der Waals surface area (Å²) < 4.78 is 18.6. The highest BCUT2D eigenvalue weighted by Gasteiger charge is 2.39. The first-order valence-electron chi connectivity index (χ1n) is 11.0. The van der Waals surface area contributed by atoms with E-state index in [1.54, 1.807) is 0 Å². The summed E-state index contributed by atoms with van der Waals surface area (Å²) in [5, 5.41) is 0. The lowest BCUT2D eigenvalue weighted by Crippen LogP contribution is -2.56. The molecule has 1 aliphatic rings. The molecule has 0 radical (unpaired) electrons. The quantitative estimate of drug-likeness (QED) is 0.562. The van der Waals surface area contributed by atoms with Crippen LogP contribution in [0.2, 0.25) is 0 Å². The van der Waals surface area contributed by atoms with Gasteiger partial charge in [-0.2, -0.15) is 0 Å².